The molecule has 6 nitrogen and oxygen atoms in total. The highest BCUT2D eigenvalue weighted by molar-refractivity contribution is 5.80. The van der Waals surface area contributed by atoms with Gasteiger partial charge in [0.05, 0.1) is 0 Å². The highest BCUT2D eigenvalue weighted by Gasteiger charge is 2.21. The molecule has 1 amide bonds. The van der Waals surface area contributed by atoms with Gasteiger partial charge in [-0.05, 0) is 23.5 Å². The van der Waals surface area contributed by atoms with E-state index >= 15 is 0 Å². The lowest BCUT2D eigenvalue weighted by Gasteiger charge is -2.37. The summed E-state index contributed by atoms with van der Waals surface area (Å²) in [5.41, 5.74) is 2.43. The van der Waals surface area contributed by atoms with Gasteiger partial charge in [-0.2, -0.15) is 0 Å². The van der Waals surface area contributed by atoms with Crippen molar-refractivity contribution in [3.63, 3.8) is 0 Å². The Hall–Kier alpha value is -2.08. The first-order valence-corrected chi connectivity index (χ1v) is 10.6. The van der Waals surface area contributed by atoms with Crippen LogP contribution in [0.5, 0.6) is 0 Å². The number of benzene rings is 1. The fraction of sp³-hybridized carbons (Fsp3) is 0.636. The van der Waals surface area contributed by atoms with Crippen LogP contribution in [0, 0.1) is 5.92 Å². The standard InChI is InChI=1S/C22H35N5O/c1-18(2)16-25-10-12-26(13-11-25)22(23-3)24-15-19-6-4-7-20(14-19)17-27-9-5-8-21(27)28/h4,6-7,14,18H,5,8-13,15-17H2,1-3H3,(H,23,24). The number of nitrogens with one attached hydrogen (secondary N) is 1. The van der Waals surface area contributed by atoms with Crippen molar-refractivity contribution in [1.29, 1.82) is 0 Å². The molecular formula is C22H35N5O. The zero-order chi connectivity index (χ0) is 19.9. The molecular weight excluding hydrogens is 350 g/mol. The van der Waals surface area contributed by atoms with Gasteiger partial charge in [-0.25, -0.2) is 0 Å². The van der Waals surface area contributed by atoms with E-state index in [2.05, 4.69) is 58.2 Å². The first-order valence-electron chi connectivity index (χ1n) is 10.6. The molecule has 0 radical (unpaired) electrons. The van der Waals surface area contributed by atoms with Gasteiger partial charge < -0.3 is 15.1 Å². The van der Waals surface area contributed by atoms with Crippen LogP contribution in [-0.4, -0.2) is 72.9 Å². The lowest BCUT2D eigenvalue weighted by atomic mass is 10.1. The van der Waals surface area contributed by atoms with Gasteiger partial charge in [0.15, 0.2) is 5.96 Å². The van der Waals surface area contributed by atoms with Crippen LogP contribution in [0.3, 0.4) is 0 Å². The van der Waals surface area contributed by atoms with E-state index in [0.717, 1.165) is 58.2 Å². The summed E-state index contributed by atoms with van der Waals surface area (Å²) >= 11 is 0. The first kappa shape index (κ1) is 20.6. The Labute approximate surface area is 169 Å². The van der Waals surface area contributed by atoms with E-state index in [1.54, 1.807) is 0 Å². The number of amides is 1. The van der Waals surface area contributed by atoms with Crippen molar-refractivity contribution in [2.45, 2.75) is 39.8 Å². The molecule has 0 bridgehead atoms. The quantitative estimate of drug-likeness (QED) is 0.602. The monoisotopic (exact) mass is 385 g/mol. The first-order chi connectivity index (χ1) is 13.5. The van der Waals surface area contributed by atoms with Crippen LogP contribution in [0.15, 0.2) is 29.3 Å². The van der Waals surface area contributed by atoms with Gasteiger partial charge in [-0.3, -0.25) is 14.7 Å². The smallest absolute Gasteiger partial charge is 0.222 e. The van der Waals surface area contributed by atoms with E-state index < -0.39 is 0 Å². The third-order valence-electron chi connectivity index (χ3n) is 5.49. The number of nitrogens with zero attached hydrogens (tertiary/aromatic N) is 4. The van der Waals surface area contributed by atoms with Gasteiger partial charge in [0, 0.05) is 65.8 Å². The van der Waals surface area contributed by atoms with Gasteiger partial charge in [0.1, 0.15) is 0 Å². The summed E-state index contributed by atoms with van der Waals surface area (Å²) in [6, 6.07) is 8.53. The molecule has 1 aromatic carbocycles. The molecule has 28 heavy (non-hydrogen) atoms. The van der Waals surface area contributed by atoms with Crippen molar-refractivity contribution in [2.24, 2.45) is 10.9 Å². The van der Waals surface area contributed by atoms with Crippen molar-refractivity contribution >= 4 is 11.9 Å². The largest absolute Gasteiger partial charge is 0.352 e. The van der Waals surface area contributed by atoms with E-state index in [1.807, 2.05) is 11.9 Å². The minimum absolute atomic E-state index is 0.278. The second-order valence-electron chi connectivity index (χ2n) is 8.32. The summed E-state index contributed by atoms with van der Waals surface area (Å²) < 4.78 is 0. The molecule has 2 heterocycles. The lowest BCUT2D eigenvalue weighted by molar-refractivity contribution is -0.128. The Bertz CT molecular complexity index is 679. The third-order valence-corrected chi connectivity index (χ3v) is 5.49. The predicted molar refractivity (Wildman–Crippen MR) is 114 cm³/mol. The molecule has 0 saturated carbocycles. The number of aliphatic imine (C=N–C) groups is 1. The van der Waals surface area contributed by atoms with Gasteiger partial charge >= 0.3 is 0 Å². The molecule has 0 aliphatic carbocycles. The minimum atomic E-state index is 0.278. The maximum absolute atomic E-state index is 11.9. The van der Waals surface area contributed by atoms with Crippen molar-refractivity contribution in [3.05, 3.63) is 35.4 Å². The Balaban J connectivity index is 1.50. The summed E-state index contributed by atoms with van der Waals surface area (Å²) in [4.78, 5) is 23.2. The molecule has 0 aromatic heterocycles. The van der Waals surface area contributed by atoms with Gasteiger partial charge in [-0.15, -0.1) is 0 Å². The minimum Gasteiger partial charge on any atom is -0.352 e. The van der Waals surface area contributed by atoms with Crippen LogP contribution in [0.25, 0.3) is 0 Å². The second kappa shape index (κ2) is 9.92. The summed E-state index contributed by atoms with van der Waals surface area (Å²) in [5, 5.41) is 3.52. The summed E-state index contributed by atoms with van der Waals surface area (Å²) in [7, 11) is 1.86. The number of hydrogen-bond donors (Lipinski definition) is 1. The SMILES string of the molecule is CN=C(NCc1cccc(CN2CCCC2=O)c1)N1CCN(CC(C)C)CC1. The molecule has 0 unspecified atom stereocenters. The molecule has 3 rings (SSSR count). The molecule has 2 aliphatic rings. The fourth-order valence-corrected chi connectivity index (χ4v) is 4.10. The summed E-state index contributed by atoms with van der Waals surface area (Å²) in [5.74, 6) is 1.97. The van der Waals surface area contributed by atoms with Crippen molar-refractivity contribution in [1.82, 2.24) is 20.0 Å². The molecule has 2 aliphatic heterocycles. The van der Waals surface area contributed by atoms with Gasteiger partial charge in [-0.1, -0.05) is 38.1 Å². The molecule has 0 spiro atoms. The summed E-state index contributed by atoms with van der Waals surface area (Å²) in [6.45, 7) is 12.3. The number of carbonyl (C=O) groups is 1. The van der Waals surface area contributed by atoms with Crippen molar-refractivity contribution in [3.8, 4) is 0 Å². The average Bonchev–Trinajstić information content (AvgIpc) is 3.08. The van der Waals surface area contributed by atoms with Crippen LogP contribution in [-0.2, 0) is 17.9 Å². The number of guanidine groups is 1. The van der Waals surface area contributed by atoms with E-state index in [0.29, 0.717) is 12.3 Å². The lowest BCUT2D eigenvalue weighted by Crippen LogP contribution is -2.52. The van der Waals surface area contributed by atoms with E-state index in [4.69, 9.17) is 0 Å². The number of likely N-dealkylation sites (tertiary alicyclic amines) is 1. The third kappa shape index (κ3) is 5.71. The normalized spacial score (nSPS) is 19.0. The van der Waals surface area contributed by atoms with Crippen molar-refractivity contribution in [2.75, 3.05) is 46.3 Å². The highest BCUT2D eigenvalue weighted by atomic mass is 16.2. The van der Waals surface area contributed by atoms with Gasteiger partial charge in [0.25, 0.3) is 0 Å². The maximum atomic E-state index is 11.9. The molecule has 1 aromatic rings. The topological polar surface area (TPSA) is 51.2 Å². The number of piperazine rings is 1. The van der Waals surface area contributed by atoms with E-state index in [-0.39, 0.29) is 5.91 Å². The van der Waals surface area contributed by atoms with E-state index in [1.165, 1.54) is 17.7 Å². The molecule has 0 atom stereocenters. The zero-order valence-corrected chi connectivity index (χ0v) is 17.7. The number of hydrogen-bond acceptors (Lipinski definition) is 3. The summed E-state index contributed by atoms with van der Waals surface area (Å²) in [6.07, 6.45) is 1.68. The average molecular weight is 386 g/mol. The molecule has 2 fully saturated rings. The maximum Gasteiger partial charge on any atom is 0.222 e. The fourth-order valence-electron chi connectivity index (χ4n) is 4.10. The Morgan fingerprint density at radius 1 is 1.14 bits per heavy atom. The zero-order valence-electron chi connectivity index (χ0n) is 17.7. The molecule has 2 saturated heterocycles. The van der Waals surface area contributed by atoms with Crippen LogP contribution in [0.4, 0.5) is 0 Å². The molecule has 1 N–H and O–H groups in total. The number of rotatable bonds is 6. The van der Waals surface area contributed by atoms with Crippen LogP contribution in [0.2, 0.25) is 0 Å². The second-order valence-corrected chi connectivity index (χ2v) is 8.32. The van der Waals surface area contributed by atoms with E-state index in [9.17, 15) is 4.79 Å². The predicted octanol–water partition coefficient (Wildman–Crippen LogP) is 2.16. The molecule has 6 heteroatoms. The number of carbonyl (C=O) groups excluding carboxylic acids is 1. The highest BCUT2D eigenvalue weighted by Crippen LogP contribution is 2.15. The Kier molecular flexibility index (Phi) is 7.31. The Morgan fingerprint density at radius 2 is 1.89 bits per heavy atom. The Morgan fingerprint density at radius 3 is 2.54 bits per heavy atom. The van der Waals surface area contributed by atoms with Crippen LogP contribution in [0.1, 0.15) is 37.8 Å². The van der Waals surface area contributed by atoms with Crippen molar-refractivity contribution < 1.29 is 4.79 Å². The van der Waals surface area contributed by atoms with Crippen LogP contribution >= 0.6 is 0 Å². The van der Waals surface area contributed by atoms with Gasteiger partial charge in [0.2, 0.25) is 5.91 Å². The van der Waals surface area contributed by atoms with Crippen LogP contribution < -0.4 is 5.32 Å². The molecule has 154 valence electrons.